The summed E-state index contributed by atoms with van der Waals surface area (Å²) in [5, 5.41) is 0.344. The van der Waals surface area contributed by atoms with Gasteiger partial charge in [0.25, 0.3) is 0 Å². The first-order valence-corrected chi connectivity index (χ1v) is 6.60. The lowest BCUT2D eigenvalue weighted by Gasteiger charge is -2.17. The largest absolute Gasteiger partial charge is 0.323 e. The van der Waals surface area contributed by atoms with Gasteiger partial charge >= 0.3 is 0 Å². The number of halogens is 2. The lowest BCUT2D eigenvalue weighted by atomic mass is 10.0. The van der Waals surface area contributed by atoms with E-state index in [4.69, 9.17) is 17.3 Å². The molecule has 0 aliphatic rings. The van der Waals surface area contributed by atoms with Crippen LogP contribution >= 0.6 is 11.6 Å². The lowest BCUT2D eigenvalue weighted by molar-refractivity contribution is 0.498. The van der Waals surface area contributed by atoms with Crippen molar-refractivity contribution in [2.24, 2.45) is 11.7 Å². The van der Waals surface area contributed by atoms with Crippen molar-refractivity contribution in [2.45, 2.75) is 26.3 Å². The molecule has 0 radical (unpaired) electrons. The van der Waals surface area contributed by atoms with Gasteiger partial charge < -0.3 is 10.3 Å². The molecule has 0 spiro atoms. The van der Waals surface area contributed by atoms with Gasteiger partial charge in [0.2, 0.25) is 0 Å². The molecule has 0 saturated carbocycles. The average molecular weight is 282 g/mol. The summed E-state index contributed by atoms with van der Waals surface area (Å²) in [6, 6.07) is 4.17. The Morgan fingerprint density at radius 3 is 2.79 bits per heavy atom. The molecule has 0 aliphatic carbocycles. The van der Waals surface area contributed by atoms with Crippen LogP contribution in [0.3, 0.4) is 0 Å². The monoisotopic (exact) mass is 281 g/mol. The van der Waals surface area contributed by atoms with Crippen molar-refractivity contribution >= 4 is 11.6 Å². The fraction of sp³-hybridized carbons (Fsp3) is 0.357. The summed E-state index contributed by atoms with van der Waals surface area (Å²) in [5.74, 6) is 0.129. The summed E-state index contributed by atoms with van der Waals surface area (Å²) in [6.07, 6.45) is 4.23. The van der Waals surface area contributed by atoms with Crippen LogP contribution in [-0.2, 0) is 0 Å². The molecule has 1 unspecified atom stereocenters. The van der Waals surface area contributed by atoms with E-state index in [0.717, 1.165) is 12.1 Å². The first-order valence-electron chi connectivity index (χ1n) is 6.22. The fourth-order valence-electron chi connectivity index (χ4n) is 2.09. The molecule has 2 aromatic rings. The molecule has 0 saturated heterocycles. The number of hydrogen-bond acceptors (Lipinski definition) is 2. The summed E-state index contributed by atoms with van der Waals surface area (Å²) in [6.45, 7) is 4.23. The third kappa shape index (κ3) is 3.14. The highest BCUT2D eigenvalue weighted by atomic mass is 35.5. The van der Waals surface area contributed by atoms with E-state index >= 15 is 0 Å². The molecular weight excluding hydrogens is 265 g/mol. The number of aromatic nitrogens is 2. The molecule has 3 nitrogen and oxygen atoms in total. The smallest absolute Gasteiger partial charge is 0.124 e. The molecule has 0 fully saturated rings. The van der Waals surface area contributed by atoms with Gasteiger partial charge in [-0.3, -0.25) is 0 Å². The van der Waals surface area contributed by atoms with Gasteiger partial charge in [0, 0.05) is 6.04 Å². The van der Waals surface area contributed by atoms with Crippen LogP contribution in [0, 0.1) is 11.7 Å². The van der Waals surface area contributed by atoms with Gasteiger partial charge in [-0.1, -0.05) is 25.4 Å². The zero-order valence-corrected chi connectivity index (χ0v) is 11.7. The summed E-state index contributed by atoms with van der Waals surface area (Å²) in [5.41, 5.74) is 7.75. The first-order chi connectivity index (χ1) is 8.99. The number of imidazole rings is 1. The zero-order chi connectivity index (χ0) is 14.0. The van der Waals surface area contributed by atoms with Crippen LogP contribution in [-0.4, -0.2) is 9.55 Å². The maximum absolute atomic E-state index is 13.1. The number of rotatable bonds is 4. The Morgan fingerprint density at radius 1 is 1.42 bits per heavy atom. The Hall–Kier alpha value is -1.39. The van der Waals surface area contributed by atoms with Crippen LogP contribution in [0.2, 0.25) is 5.02 Å². The van der Waals surface area contributed by atoms with Crippen molar-refractivity contribution in [3.8, 4) is 5.69 Å². The SMILES string of the molecule is CC(C)CC(N)c1cncn1-c1ccc(F)cc1Cl. The molecule has 0 aliphatic heterocycles. The third-order valence-electron chi connectivity index (χ3n) is 2.94. The molecule has 5 heteroatoms. The fourth-order valence-corrected chi connectivity index (χ4v) is 2.34. The highest BCUT2D eigenvalue weighted by molar-refractivity contribution is 6.32. The normalized spacial score (nSPS) is 12.9. The zero-order valence-electron chi connectivity index (χ0n) is 11.0. The number of hydrogen-bond donors (Lipinski definition) is 1. The number of nitrogens with two attached hydrogens (primary N) is 1. The molecule has 1 atom stereocenters. The highest BCUT2D eigenvalue weighted by Crippen LogP contribution is 2.26. The Labute approximate surface area is 117 Å². The summed E-state index contributed by atoms with van der Waals surface area (Å²) >= 11 is 6.07. The molecule has 19 heavy (non-hydrogen) atoms. The van der Waals surface area contributed by atoms with Gasteiger partial charge in [-0.15, -0.1) is 0 Å². The number of benzene rings is 1. The van der Waals surface area contributed by atoms with Crippen molar-refractivity contribution in [1.29, 1.82) is 0 Å². The first kappa shape index (κ1) is 14.0. The molecular formula is C14H17ClFN3. The van der Waals surface area contributed by atoms with Gasteiger partial charge in [0.15, 0.2) is 0 Å². The minimum Gasteiger partial charge on any atom is -0.323 e. The maximum atomic E-state index is 13.1. The van der Waals surface area contributed by atoms with E-state index in [9.17, 15) is 4.39 Å². The summed E-state index contributed by atoms with van der Waals surface area (Å²) < 4.78 is 14.9. The standard InChI is InChI=1S/C14H17ClFN3/c1-9(2)5-12(17)14-7-18-8-19(14)13-4-3-10(16)6-11(13)15/h3-4,6-9,12H,5,17H2,1-2H3. The van der Waals surface area contributed by atoms with Crippen LogP contribution in [0.1, 0.15) is 32.0 Å². The maximum Gasteiger partial charge on any atom is 0.124 e. The van der Waals surface area contributed by atoms with E-state index in [1.807, 2.05) is 4.57 Å². The Bertz CT molecular complexity index is 566. The molecule has 0 amide bonds. The molecule has 1 aromatic carbocycles. The van der Waals surface area contributed by atoms with Crippen molar-refractivity contribution in [1.82, 2.24) is 9.55 Å². The van der Waals surface area contributed by atoms with Crippen LogP contribution in [0.25, 0.3) is 5.69 Å². The predicted octanol–water partition coefficient (Wildman–Crippen LogP) is 3.71. The minimum atomic E-state index is -0.359. The summed E-state index contributed by atoms with van der Waals surface area (Å²) in [7, 11) is 0. The second kappa shape index (κ2) is 5.72. The van der Waals surface area contributed by atoms with Crippen molar-refractivity contribution in [3.05, 3.63) is 47.3 Å². The quantitative estimate of drug-likeness (QED) is 0.928. The van der Waals surface area contributed by atoms with Crippen LogP contribution in [0.5, 0.6) is 0 Å². The summed E-state index contributed by atoms with van der Waals surface area (Å²) in [4.78, 5) is 4.12. The topological polar surface area (TPSA) is 43.8 Å². The van der Waals surface area contributed by atoms with E-state index in [1.165, 1.54) is 12.1 Å². The Balaban J connectivity index is 2.38. The predicted molar refractivity (Wildman–Crippen MR) is 74.9 cm³/mol. The van der Waals surface area contributed by atoms with Gasteiger partial charge in [-0.05, 0) is 30.5 Å². The van der Waals surface area contributed by atoms with E-state index in [2.05, 4.69) is 18.8 Å². The van der Waals surface area contributed by atoms with Gasteiger partial charge in [-0.25, -0.2) is 9.37 Å². The third-order valence-corrected chi connectivity index (χ3v) is 3.24. The Kier molecular flexibility index (Phi) is 4.22. The van der Waals surface area contributed by atoms with Crippen molar-refractivity contribution in [3.63, 3.8) is 0 Å². The molecule has 1 aromatic heterocycles. The lowest BCUT2D eigenvalue weighted by Crippen LogP contribution is -2.16. The van der Waals surface area contributed by atoms with Crippen LogP contribution in [0.15, 0.2) is 30.7 Å². The van der Waals surface area contributed by atoms with Gasteiger partial charge in [0.05, 0.1) is 28.9 Å². The van der Waals surface area contributed by atoms with E-state index in [1.54, 1.807) is 18.6 Å². The van der Waals surface area contributed by atoms with Gasteiger partial charge in [0.1, 0.15) is 5.82 Å². The van der Waals surface area contributed by atoms with Crippen LogP contribution < -0.4 is 5.73 Å². The Morgan fingerprint density at radius 2 is 2.16 bits per heavy atom. The molecule has 1 heterocycles. The molecule has 102 valence electrons. The molecule has 0 bridgehead atoms. The van der Waals surface area contributed by atoms with Crippen molar-refractivity contribution < 1.29 is 4.39 Å². The minimum absolute atomic E-state index is 0.122. The highest BCUT2D eigenvalue weighted by Gasteiger charge is 2.15. The van der Waals surface area contributed by atoms with Crippen molar-refractivity contribution in [2.75, 3.05) is 0 Å². The van der Waals surface area contributed by atoms with E-state index in [-0.39, 0.29) is 11.9 Å². The van der Waals surface area contributed by atoms with Crippen LogP contribution in [0.4, 0.5) is 4.39 Å². The van der Waals surface area contributed by atoms with E-state index < -0.39 is 0 Å². The average Bonchev–Trinajstić information content (AvgIpc) is 2.76. The second-order valence-electron chi connectivity index (χ2n) is 5.02. The molecule has 2 rings (SSSR count). The van der Waals surface area contributed by atoms with Gasteiger partial charge in [-0.2, -0.15) is 0 Å². The van der Waals surface area contributed by atoms with E-state index in [0.29, 0.717) is 16.6 Å². The second-order valence-corrected chi connectivity index (χ2v) is 5.43. The number of nitrogens with zero attached hydrogens (tertiary/aromatic N) is 2. The molecule has 2 N–H and O–H groups in total.